The summed E-state index contributed by atoms with van der Waals surface area (Å²) in [4.78, 5) is 26.6. The van der Waals surface area contributed by atoms with Crippen LogP contribution >= 0.6 is 11.6 Å². The van der Waals surface area contributed by atoms with Gasteiger partial charge in [-0.15, -0.1) is 0 Å². The number of halogens is 1. The van der Waals surface area contributed by atoms with Gasteiger partial charge in [0, 0.05) is 17.5 Å². The smallest absolute Gasteiger partial charge is 0.255 e. The van der Waals surface area contributed by atoms with Crippen molar-refractivity contribution < 1.29 is 9.90 Å². The quantitative estimate of drug-likeness (QED) is 0.795. The van der Waals surface area contributed by atoms with Crippen molar-refractivity contribution in [3.8, 4) is 0 Å². The zero-order valence-corrected chi connectivity index (χ0v) is 12.7. The Bertz CT molecular complexity index is 764. The number of pyridine rings is 1. The van der Waals surface area contributed by atoms with Crippen molar-refractivity contribution >= 4 is 34.0 Å². The molecule has 5 nitrogen and oxygen atoms in total. The molecule has 0 aliphatic heterocycles. The molecule has 0 atom stereocenters. The number of H-pyrrole nitrogens is 1. The number of benzene rings is 1. The van der Waals surface area contributed by atoms with E-state index in [0.29, 0.717) is 41.8 Å². The maximum Gasteiger partial charge on any atom is 0.255 e. The molecule has 1 aliphatic rings. The molecular weight excluding hydrogens is 304 g/mol. The van der Waals surface area contributed by atoms with Gasteiger partial charge in [-0.2, -0.15) is 0 Å². The number of aromatic amines is 1. The van der Waals surface area contributed by atoms with E-state index in [-0.39, 0.29) is 23.5 Å². The number of anilines is 1. The number of carbonyl (C=O) groups is 1. The summed E-state index contributed by atoms with van der Waals surface area (Å²) in [5, 5.41) is 13.9. The summed E-state index contributed by atoms with van der Waals surface area (Å²) in [7, 11) is 0. The van der Waals surface area contributed by atoms with E-state index < -0.39 is 0 Å². The molecule has 0 unspecified atom stereocenters. The lowest BCUT2D eigenvalue weighted by Gasteiger charge is -2.24. The van der Waals surface area contributed by atoms with Gasteiger partial charge in [0.2, 0.25) is 5.91 Å². The molecule has 1 aromatic heterocycles. The highest BCUT2D eigenvalue weighted by Crippen LogP contribution is 2.29. The molecular formula is C16H17ClN2O3. The van der Waals surface area contributed by atoms with E-state index >= 15 is 0 Å². The largest absolute Gasteiger partial charge is 0.393 e. The van der Waals surface area contributed by atoms with Crippen LogP contribution in [0.1, 0.15) is 25.7 Å². The summed E-state index contributed by atoms with van der Waals surface area (Å²) >= 11 is 6.17. The van der Waals surface area contributed by atoms with Gasteiger partial charge in [-0.1, -0.05) is 11.6 Å². The topological polar surface area (TPSA) is 82.2 Å². The summed E-state index contributed by atoms with van der Waals surface area (Å²) < 4.78 is 0. The highest BCUT2D eigenvalue weighted by molar-refractivity contribution is 6.34. The first-order valence-electron chi connectivity index (χ1n) is 7.34. The van der Waals surface area contributed by atoms with E-state index in [1.165, 1.54) is 0 Å². The van der Waals surface area contributed by atoms with Crippen molar-refractivity contribution in [2.75, 3.05) is 5.32 Å². The van der Waals surface area contributed by atoms with E-state index in [9.17, 15) is 14.7 Å². The molecule has 1 aromatic carbocycles. The maximum absolute atomic E-state index is 12.3. The molecule has 6 heteroatoms. The number of carbonyl (C=O) groups excluding carboxylic acids is 1. The lowest BCUT2D eigenvalue weighted by Crippen LogP contribution is -2.28. The number of aliphatic hydroxyl groups excluding tert-OH is 1. The van der Waals surface area contributed by atoms with E-state index in [2.05, 4.69) is 10.3 Å². The van der Waals surface area contributed by atoms with Crippen LogP contribution in [0.25, 0.3) is 10.8 Å². The highest BCUT2D eigenvalue weighted by Gasteiger charge is 2.25. The lowest BCUT2D eigenvalue weighted by atomic mass is 9.87. The zero-order valence-electron chi connectivity index (χ0n) is 11.9. The van der Waals surface area contributed by atoms with Gasteiger partial charge >= 0.3 is 0 Å². The summed E-state index contributed by atoms with van der Waals surface area (Å²) in [6.45, 7) is 0. The van der Waals surface area contributed by atoms with Crippen LogP contribution in [-0.2, 0) is 4.79 Å². The van der Waals surface area contributed by atoms with E-state index in [1.807, 2.05) is 0 Å². The first kappa shape index (κ1) is 15.1. The summed E-state index contributed by atoms with van der Waals surface area (Å²) in [5.74, 6) is -0.188. The van der Waals surface area contributed by atoms with Gasteiger partial charge in [0.1, 0.15) is 0 Å². The van der Waals surface area contributed by atoms with Crippen LogP contribution in [0.2, 0.25) is 5.02 Å². The lowest BCUT2D eigenvalue weighted by molar-refractivity contribution is -0.121. The standard InChI is InChI=1S/C16H17ClN2O3/c17-13-8-12-10(5-6-18-16(12)22)7-14(13)19-15(21)9-1-3-11(20)4-2-9/h5-9,11,20H,1-4H2,(H,18,22)(H,19,21)/t9-,11+. The van der Waals surface area contributed by atoms with Crippen LogP contribution < -0.4 is 10.9 Å². The number of hydrogen-bond donors (Lipinski definition) is 3. The van der Waals surface area contributed by atoms with Crippen molar-refractivity contribution in [2.45, 2.75) is 31.8 Å². The van der Waals surface area contributed by atoms with Crippen molar-refractivity contribution in [3.63, 3.8) is 0 Å². The number of aromatic nitrogens is 1. The SMILES string of the molecule is O=c1[nH]ccc2cc(NC(=O)[C@H]3CC[C@@H](O)CC3)c(Cl)cc12. The van der Waals surface area contributed by atoms with Crippen LogP contribution in [0, 0.1) is 5.92 Å². The molecule has 1 heterocycles. The maximum atomic E-state index is 12.3. The second-order valence-electron chi connectivity index (χ2n) is 5.72. The molecule has 1 aliphatic carbocycles. The van der Waals surface area contributed by atoms with Crippen LogP contribution in [-0.4, -0.2) is 22.1 Å². The predicted octanol–water partition coefficient (Wildman–Crippen LogP) is 2.67. The molecule has 0 radical (unpaired) electrons. The molecule has 1 amide bonds. The molecule has 1 fully saturated rings. The fourth-order valence-corrected chi connectivity index (χ4v) is 3.09. The second kappa shape index (κ2) is 6.10. The third-order valence-corrected chi connectivity index (χ3v) is 4.50. The second-order valence-corrected chi connectivity index (χ2v) is 6.13. The van der Waals surface area contributed by atoms with Crippen molar-refractivity contribution in [3.05, 3.63) is 39.8 Å². The minimum absolute atomic E-state index is 0.0852. The van der Waals surface area contributed by atoms with Crippen LogP contribution in [0.15, 0.2) is 29.2 Å². The van der Waals surface area contributed by atoms with Crippen molar-refractivity contribution in [1.82, 2.24) is 4.98 Å². The zero-order chi connectivity index (χ0) is 15.7. The Kier molecular flexibility index (Phi) is 4.18. The molecule has 22 heavy (non-hydrogen) atoms. The normalized spacial score (nSPS) is 21.7. The van der Waals surface area contributed by atoms with Gasteiger partial charge in [-0.05, 0) is 49.3 Å². The first-order chi connectivity index (χ1) is 10.5. The third-order valence-electron chi connectivity index (χ3n) is 4.19. The Morgan fingerprint density at radius 1 is 1.27 bits per heavy atom. The van der Waals surface area contributed by atoms with Gasteiger partial charge < -0.3 is 15.4 Å². The minimum atomic E-state index is -0.292. The van der Waals surface area contributed by atoms with Gasteiger partial charge in [-0.25, -0.2) is 0 Å². The fraction of sp³-hybridized carbons (Fsp3) is 0.375. The van der Waals surface area contributed by atoms with Gasteiger partial charge in [-0.3, -0.25) is 9.59 Å². The van der Waals surface area contributed by atoms with E-state index in [0.717, 1.165) is 5.39 Å². The number of rotatable bonds is 2. The molecule has 116 valence electrons. The van der Waals surface area contributed by atoms with Crippen LogP contribution in [0.3, 0.4) is 0 Å². The van der Waals surface area contributed by atoms with E-state index in [1.54, 1.807) is 24.4 Å². The van der Waals surface area contributed by atoms with Crippen LogP contribution in [0.4, 0.5) is 5.69 Å². The fourth-order valence-electron chi connectivity index (χ4n) is 2.88. The molecule has 0 bridgehead atoms. The van der Waals surface area contributed by atoms with Crippen molar-refractivity contribution in [2.24, 2.45) is 5.92 Å². The number of fused-ring (bicyclic) bond motifs is 1. The number of amides is 1. The average Bonchev–Trinajstić information content (AvgIpc) is 2.50. The van der Waals surface area contributed by atoms with Gasteiger partial charge in [0.15, 0.2) is 0 Å². The molecule has 0 saturated heterocycles. The van der Waals surface area contributed by atoms with Crippen molar-refractivity contribution in [1.29, 1.82) is 0 Å². The Labute approximate surface area is 132 Å². The molecule has 2 aromatic rings. The van der Waals surface area contributed by atoms with Crippen LogP contribution in [0.5, 0.6) is 0 Å². The predicted molar refractivity (Wildman–Crippen MR) is 86.2 cm³/mol. The Balaban J connectivity index is 1.83. The van der Waals surface area contributed by atoms with Gasteiger partial charge in [0.05, 0.1) is 16.8 Å². The van der Waals surface area contributed by atoms with E-state index in [4.69, 9.17) is 11.6 Å². The summed E-state index contributed by atoms with van der Waals surface area (Å²) in [5.41, 5.74) is 0.300. The molecule has 1 saturated carbocycles. The number of aliphatic hydroxyl groups is 1. The Morgan fingerprint density at radius 3 is 2.73 bits per heavy atom. The summed E-state index contributed by atoms with van der Waals surface area (Å²) in [6.07, 6.45) is 3.93. The molecule has 3 rings (SSSR count). The average molecular weight is 321 g/mol. The minimum Gasteiger partial charge on any atom is -0.393 e. The first-order valence-corrected chi connectivity index (χ1v) is 7.72. The monoisotopic (exact) mass is 320 g/mol. The Hall–Kier alpha value is -1.85. The molecule has 3 N–H and O–H groups in total. The highest BCUT2D eigenvalue weighted by atomic mass is 35.5. The number of hydrogen-bond acceptors (Lipinski definition) is 3. The summed E-state index contributed by atoms with van der Waals surface area (Å²) in [6, 6.07) is 5.04. The number of nitrogens with one attached hydrogen (secondary N) is 2. The molecule has 0 spiro atoms. The third kappa shape index (κ3) is 3.00. The Morgan fingerprint density at radius 2 is 2.00 bits per heavy atom. The van der Waals surface area contributed by atoms with Gasteiger partial charge in [0.25, 0.3) is 5.56 Å².